The molecule has 0 aliphatic carbocycles. The summed E-state index contributed by atoms with van der Waals surface area (Å²) in [6, 6.07) is 12.4. The van der Waals surface area contributed by atoms with Gasteiger partial charge in [0.25, 0.3) is 0 Å². The second-order valence-electron chi connectivity index (χ2n) is 4.52. The molecule has 0 saturated heterocycles. The molecule has 2 rings (SSSR count). The topological polar surface area (TPSA) is 21.3 Å². The maximum atomic E-state index is 14.0. The number of hydrogen-bond acceptors (Lipinski definition) is 2. The summed E-state index contributed by atoms with van der Waals surface area (Å²) < 4.78 is 19.4. The van der Waals surface area contributed by atoms with Crippen LogP contribution in [-0.4, -0.2) is 14.2 Å². The molecule has 2 aromatic rings. The number of ether oxygens (including phenoxy) is 1. The fraction of sp³-hybridized carbons (Fsp3) is 0.250. The van der Waals surface area contributed by atoms with Crippen LogP contribution in [-0.2, 0) is 6.42 Å². The van der Waals surface area contributed by atoms with E-state index in [1.165, 1.54) is 6.07 Å². The predicted molar refractivity (Wildman–Crippen MR) is 79.9 cm³/mol. The van der Waals surface area contributed by atoms with Gasteiger partial charge in [-0.15, -0.1) is 0 Å². The zero-order chi connectivity index (χ0) is 14.5. The average molecular weight is 294 g/mol. The number of benzene rings is 2. The molecule has 1 unspecified atom stereocenters. The van der Waals surface area contributed by atoms with E-state index < -0.39 is 0 Å². The van der Waals surface area contributed by atoms with Crippen molar-refractivity contribution >= 4 is 11.6 Å². The first-order valence-electron chi connectivity index (χ1n) is 6.39. The molecule has 0 spiro atoms. The molecule has 0 heterocycles. The molecule has 0 amide bonds. The van der Waals surface area contributed by atoms with E-state index >= 15 is 0 Å². The smallest absolute Gasteiger partial charge is 0.129 e. The van der Waals surface area contributed by atoms with Gasteiger partial charge in [0, 0.05) is 16.6 Å². The summed E-state index contributed by atoms with van der Waals surface area (Å²) >= 11 is 5.79. The highest BCUT2D eigenvalue weighted by Gasteiger charge is 2.16. The highest BCUT2D eigenvalue weighted by molar-refractivity contribution is 6.30. The van der Waals surface area contributed by atoms with Crippen LogP contribution in [0.25, 0.3) is 0 Å². The molecule has 106 valence electrons. The Morgan fingerprint density at radius 1 is 1.25 bits per heavy atom. The fourth-order valence-corrected chi connectivity index (χ4v) is 2.40. The van der Waals surface area contributed by atoms with Crippen LogP contribution in [0, 0.1) is 5.82 Å². The van der Waals surface area contributed by atoms with E-state index in [1.54, 1.807) is 19.2 Å². The van der Waals surface area contributed by atoms with Crippen molar-refractivity contribution in [2.75, 3.05) is 14.2 Å². The van der Waals surface area contributed by atoms with Crippen LogP contribution in [0.2, 0.25) is 5.02 Å². The molecule has 4 heteroatoms. The molecular weight excluding hydrogens is 277 g/mol. The van der Waals surface area contributed by atoms with Gasteiger partial charge in [0.05, 0.1) is 7.11 Å². The highest BCUT2D eigenvalue weighted by atomic mass is 35.5. The summed E-state index contributed by atoms with van der Waals surface area (Å²) in [5.41, 5.74) is 1.63. The lowest BCUT2D eigenvalue weighted by atomic mass is 9.98. The Hall–Kier alpha value is -1.58. The Morgan fingerprint density at radius 3 is 2.65 bits per heavy atom. The summed E-state index contributed by atoms with van der Waals surface area (Å²) in [4.78, 5) is 0. The van der Waals surface area contributed by atoms with Crippen molar-refractivity contribution in [2.24, 2.45) is 0 Å². The maximum absolute atomic E-state index is 14.0. The Kier molecular flexibility index (Phi) is 4.99. The predicted octanol–water partition coefficient (Wildman–Crippen LogP) is 3.99. The number of rotatable bonds is 5. The van der Waals surface area contributed by atoms with E-state index in [2.05, 4.69) is 5.32 Å². The zero-order valence-electron chi connectivity index (χ0n) is 11.5. The van der Waals surface area contributed by atoms with Gasteiger partial charge in [-0.1, -0.05) is 35.9 Å². The minimum absolute atomic E-state index is 0.136. The average Bonchev–Trinajstić information content (AvgIpc) is 2.46. The number of nitrogens with one attached hydrogen (secondary N) is 1. The van der Waals surface area contributed by atoms with Crippen molar-refractivity contribution in [3.05, 3.63) is 64.4 Å². The first-order chi connectivity index (χ1) is 9.65. The van der Waals surface area contributed by atoms with E-state index in [1.807, 2.05) is 31.3 Å². The summed E-state index contributed by atoms with van der Waals surface area (Å²) in [6.07, 6.45) is 0.638. The monoisotopic (exact) mass is 293 g/mol. The molecule has 0 bridgehead atoms. The van der Waals surface area contributed by atoms with Gasteiger partial charge < -0.3 is 10.1 Å². The van der Waals surface area contributed by atoms with E-state index in [4.69, 9.17) is 16.3 Å². The lowest BCUT2D eigenvalue weighted by molar-refractivity contribution is 0.406. The number of halogens is 2. The largest absolute Gasteiger partial charge is 0.496 e. The van der Waals surface area contributed by atoms with Gasteiger partial charge in [0.1, 0.15) is 11.6 Å². The quantitative estimate of drug-likeness (QED) is 0.900. The molecule has 1 N–H and O–H groups in total. The fourth-order valence-electron chi connectivity index (χ4n) is 2.24. The van der Waals surface area contributed by atoms with Gasteiger partial charge in [-0.25, -0.2) is 4.39 Å². The molecule has 0 aliphatic rings. The van der Waals surface area contributed by atoms with Crippen molar-refractivity contribution in [2.45, 2.75) is 12.5 Å². The lowest BCUT2D eigenvalue weighted by Crippen LogP contribution is -2.20. The third-order valence-corrected chi connectivity index (χ3v) is 3.54. The highest BCUT2D eigenvalue weighted by Crippen LogP contribution is 2.27. The van der Waals surface area contributed by atoms with Gasteiger partial charge in [-0.05, 0) is 37.2 Å². The molecule has 0 aromatic heterocycles. The van der Waals surface area contributed by atoms with E-state index in [9.17, 15) is 4.39 Å². The normalized spacial score (nSPS) is 12.2. The van der Waals surface area contributed by atoms with Crippen LogP contribution < -0.4 is 10.1 Å². The SMILES string of the molecule is CNC(Cc1ccccc1OC)c1ccc(Cl)cc1F. The molecule has 0 fully saturated rings. The second-order valence-corrected chi connectivity index (χ2v) is 4.96. The van der Waals surface area contributed by atoms with Gasteiger partial charge in [-0.3, -0.25) is 0 Å². The van der Waals surface area contributed by atoms with Crippen LogP contribution in [0.5, 0.6) is 5.75 Å². The van der Waals surface area contributed by atoms with E-state index in [0.29, 0.717) is 17.0 Å². The van der Waals surface area contributed by atoms with Crippen LogP contribution in [0.15, 0.2) is 42.5 Å². The molecular formula is C16H17ClFNO. The van der Waals surface area contributed by atoms with Crippen LogP contribution in [0.1, 0.15) is 17.2 Å². The Bertz CT molecular complexity index is 588. The van der Waals surface area contributed by atoms with Gasteiger partial charge in [0.15, 0.2) is 0 Å². The molecule has 2 aromatic carbocycles. The third kappa shape index (κ3) is 3.30. The zero-order valence-corrected chi connectivity index (χ0v) is 12.2. The van der Waals surface area contributed by atoms with Gasteiger partial charge in [-0.2, -0.15) is 0 Å². The molecule has 20 heavy (non-hydrogen) atoms. The first kappa shape index (κ1) is 14.8. The second kappa shape index (κ2) is 6.73. The van der Waals surface area contributed by atoms with Gasteiger partial charge >= 0.3 is 0 Å². The van der Waals surface area contributed by atoms with Crippen molar-refractivity contribution in [3.63, 3.8) is 0 Å². The summed E-state index contributed by atoms with van der Waals surface area (Å²) in [6.45, 7) is 0. The van der Waals surface area contributed by atoms with E-state index in [-0.39, 0.29) is 11.9 Å². The maximum Gasteiger partial charge on any atom is 0.129 e. The molecule has 0 aliphatic heterocycles. The number of hydrogen-bond donors (Lipinski definition) is 1. The number of likely N-dealkylation sites (N-methyl/N-ethyl adjacent to an activating group) is 1. The summed E-state index contributed by atoms with van der Waals surface area (Å²) in [5.74, 6) is 0.508. The molecule has 0 saturated carbocycles. The van der Waals surface area contributed by atoms with Crippen molar-refractivity contribution in [3.8, 4) is 5.75 Å². The first-order valence-corrected chi connectivity index (χ1v) is 6.77. The molecule has 1 atom stereocenters. The third-order valence-electron chi connectivity index (χ3n) is 3.30. The van der Waals surface area contributed by atoms with Crippen LogP contribution in [0.3, 0.4) is 0 Å². The van der Waals surface area contributed by atoms with Crippen molar-refractivity contribution in [1.29, 1.82) is 0 Å². The lowest BCUT2D eigenvalue weighted by Gasteiger charge is -2.19. The summed E-state index contributed by atoms with van der Waals surface area (Å²) in [7, 11) is 3.45. The van der Waals surface area contributed by atoms with E-state index in [0.717, 1.165) is 11.3 Å². The Labute approximate surface area is 123 Å². The number of para-hydroxylation sites is 1. The Morgan fingerprint density at radius 2 is 2.00 bits per heavy atom. The standard InChI is InChI=1S/C16H17ClFNO/c1-19-15(13-8-7-12(17)10-14(13)18)9-11-5-3-4-6-16(11)20-2/h3-8,10,15,19H,9H2,1-2H3. The molecule has 2 nitrogen and oxygen atoms in total. The van der Waals surface area contributed by atoms with Crippen molar-refractivity contribution in [1.82, 2.24) is 5.32 Å². The van der Waals surface area contributed by atoms with Crippen LogP contribution in [0.4, 0.5) is 4.39 Å². The van der Waals surface area contributed by atoms with Crippen molar-refractivity contribution < 1.29 is 9.13 Å². The molecule has 0 radical (unpaired) electrons. The number of methoxy groups -OCH3 is 1. The van der Waals surface area contributed by atoms with Crippen LogP contribution >= 0.6 is 11.6 Å². The Balaban J connectivity index is 2.29. The van der Waals surface area contributed by atoms with Gasteiger partial charge in [0.2, 0.25) is 0 Å². The minimum atomic E-state index is -0.299. The minimum Gasteiger partial charge on any atom is -0.496 e. The summed E-state index contributed by atoms with van der Waals surface area (Å²) in [5, 5.41) is 3.54.